The quantitative estimate of drug-likeness (QED) is 0.826. The van der Waals surface area contributed by atoms with Crippen LogP contribution < -0.4 is 11.1 Å². The van der Waals surface area contributed by atoms with Crippen molar-refractivity contribution in [2.75, 3.05) is 5.32 Å². The zero-order chi connectivity index (χ0) is 14.0. The van der Waals surface area contributed by atoms with Gasteiger partial charge in [0.2, 0.25) is 0 Å². The average Bonchev–Trinajstić information content (AvgIpc) is 2.32. The summed E-state index contributed by atoms with van der Waals surface area (Å²) < 4.78 is 0. The first-order valence-electron chi connectivity index (χ1n) is 5.91. The zero-order valence-electron chi connectivity index (χ0n) is 10.8. The highest BCUT2D eigenvalue weighted by Gasteiger charge is 2.07. The number of nitrogens with one attached hydrogen (secondary N) is 1. The van der Waals surface area contributed by atoms with Gasteiger partial charge in [-0.1, -0.05) is 41.5 Å². The van der Waals surface area contributed by atoms with E-state index >= 15 is 0 Å². The summed E-state index contributed by atoms with van der Waals surface area (Å²) in [6, 6.07) is 11.7. The predicted octanol–water partition coefficient (Wildman–Crippen LogP) is 4.33. The van der Waals surface area contributed by atoms with Gasteiger partial charge in [0.25, 0.3) is 0 Å². The molecule has 98 valence electrons. The van der Waals surface area contributed by atoms with Crippen molar-refractivity contribution in [3.05, 3.63) is 58.1 Å². The maximum absolute atomic E-state index is 6.03. The van der Waals surface area contributed by atoms with Crippen LogP contribution in [-0.2, 0) is 0 Å². The van der Waals surface area contributed by atoms with Gasteiger partial charge in [-0.05, 0) is 43.7 Å². The monoisotopic (exact) mass is 290 g/mol. The van der Waals surface area contributed by atoms with Crippen LogP contribution in [0, 0.1) is 13.8 Å². The maximum atomic E-state index is 6.03. The third-order valence-corrected chi connectivity index (χ3v) is 3.35. The number of benzene rings is 2. The van der Waals surface area contributed by atoms with E-state index in [2.05, 4.69) is 31.3 Å². The molecule has 3 N–H and O–H groups in total. The molecule has 0 radical (unpaired) electrons. The minimum Gasteiger partial charge on any atom is -0.389 e. The molecule has 2 nitrogen and oxygen atoms in total. The van der Waals surface area contributed by atoms with Crippen molar-refractivity contribution in [1.82, 2.24) is 0 Å². The van der Waals surface area contributed by atoms with Gasteiger partial charge >= 0.3 is 0 Å². The molecule has 0 unspecified atom stereocenters. The molecule has 2 aromatic rings. The summed E-state index contributed by atoms with van der Waals surface area (Å²) in [6.45, 7) is 4.12. The van der Waals surface area contributed by atoms with E-state index in [1.807, 2.05) is 18.2 Å². The highest BCUT2D eigenvalue weighted by atomic mass is 35.5. The number of aryl methyl sites for hydroxylation is 2. The number of hydrogen-bond donors (Lipinski definition) is 2. The van der Waals surface area contributed by atoms with Crippen LogP contribution in [0.4, 0.5) is 11.4 Å². The highest BCUT2D eigenvalue weighted by molar-refractivity contribution is 7.80. The lowest BCUT2D eigenvalue weighted by atomic mass is 10.1. The Morgan fingerprint density at radius 2 is 1.84 bits per heavy atom. The second-order valence-electron chi connectivity index (χ2n) is 4.50. The molecule has 2 rings (SSSR count). The van der Waals surface area contributed by atoms with Crippen LogP contribution in [0.25, 0.3) is 0 Å². The fourth-order valence-corrected chi connectivity index (χ4v) is 2.28. The highest BCUT2D eigenvalue weighted by Crippen LogP contribution is 2.27. The summed E-state index contributed by atoms with van der Waals surface area (Å²) in [4.78, 5) is 0.351. The van der Waals surface area contributed by atoms with Crippen molar-refractivity contribution >= 4 is 40.2 Å². The molecular weight excluding hydrogens is 276 g/mol. The standard InChI is InChI=1S/C15H15ClN2S/c1-9-3-6-13(10(2)7-9)18-14-8-11(16)4-5-12(14)15(17)19/h3-8,18H,1-2H3,(H2,17,19). The van der Waals surface area contributed by atoms with Crippen LogP contribution in [0.5, 0.6) is 0 Å². The molecule has 0 saturated heterocycles. The first-order chi connectivity index (χ1) is 8.97. The van der Waals surface area contributed by atoms with Gasteiger partial charge in [-0.15, -0.1) is 0 Å². The van der Waals surface area contributed by atoms with Crippen LogP contribution in [0.1, 0.15) is 16.7 Å². The first-order valence-corrected chi connectivity index (χ1v) is 6.69. The Labute approximate surface area is 123 Å². The molecule has 0 aliphatic rings. The fourth-order valence-electron chi connectivity index (χ4n) is 1.93. The Bertz CT molecular complexity index is 638. The lowest BCUT2D eigenvalue weighted by Crippen LogP contribution is -2.12. The smallest absolute Gasteiger partial charge is 0.106 e. The molecule has 0 atom stereocenters. The largest absolute Gasteiger partial charge is 0.389 e. The minimum absolute atomic E-state index is 0.351. The van der Waals surface area contributed by atoms with E-state index in [0.29, 0.717) is 10.0 Å². The van der Waals surface area contributed by atoms with Crippen LogP contribution >= 0.6 is 23.8 Å². The normalized spacial score (nSPS) is 10.3. The number of hydrogen-bond acceptors (Lipinski definition) is 2. The van der Waals surface area contributed by atoms with E-state index in [1.54, 1.807) is 6.07 Å². The van der Waals surface area contributed by atoms with Crippen molar-refractivity contribution < 1.29 is 0 Å². The number of thiocarbonyl (C=S) groups is 1. The van der Waals surface area contributed by atoms with E-state index in [0.717, 1.165) is 22.5 Å². The Balaban J connectivity index is 2.42. The van der Waals surface area contributed by atoms with Gasteiger partial charge in [0.05, 0.1) is 5.69 Å². The van der Waals surface area contributed by atoms with Crippen molar-refractivity contribution in [2.24, 2.45) is 5.73 Å². The van der Waals surface area contributed by atoms with Crippen LogP contribution in [0.3, 0.4) is 0 Å². The first kappa shape index (κ1) is 13.8. The van der Waals surface area contributed by atoms with Gasteiger partial charge in [0.1, 0.15) is 4.99 Å². The summed E-state index contributed by atoms with van der Waals surface area (Å²) in [5.41, 5.74) is 10.8. The minimum atomic E-state index is 0.351. The van der Waals surface area contributed by atoms with E-state index in [1.165, 1.54) is 5.56 Å². The van der Waals surface area contributed by atoms with Crippen molar-refractivity contribution in [3.63, 3.8) is 0 Å². The molecule has 0 amide bonds. The number of nitrogens with two attached hydrogens (primary N) is 1. The topological polar surface area (TPSA) is 38.0 Å². The van der Waals surface area contributed by atoms with Gasteiger partial charge in [0.15, 0.2) is 0 Å². The van der Waals surface area contributed by atoms with E-state index < -0.39 is 0 Å². The molecule has 0 aliphatic carbocycles. The average molecular weight is 291 g/mol. The zero-order valence-corrected chi connectivity index (χ0v) is 12.4. The SMILES string of the molecule is Cc1ccc(Nc2cc(Cl)ccc2C(N)=S)c(C)c1. The fraction of sp³-hybridized carbons (Fsp3) is 0.133. The molecule has 4 heteroatoms. The molecule has 0 fully saturated rings. The second-order valence-corrected chi connectivity index (χ2v) is 5.37. The van der Waals surface area contributed by atoms with Crippen LogP contribution in [0.15, 0.2) is 36.4 Å². The third-order valence-electron chi connectivity index (χ3n) is 2.90. The van der Waals surface area contributed by atoms with Crippen molar-refractivity contribution in [1.29, 1.82) is 0 Å². The van der Waals surface area contributed by atoms with E-state index in [9.17, 15) is 0 Å². The van der Waals surface area contributed by atoms with Gasteiger partial charge in [0, 0.05) is 16.3 Å². The van der Waals surface area contributed by atoms with Crippen LogP contribution in [-0.4, -0.2) is 4.99 Å². The summed E-state index contributed by atoms with van der Waals surface area (Å²) >= 11 is 11.1. The molecular formula is C15H15ClN2S. The third kappa shape index (κ3) is 3.25. The number of anilines is 2. The Morgan fingerprint density at radius 1 is 1.11 bits per heavy atom. The lowest BCUT2D eigenvalue weighted by molar-refractivity contribution is 1.37. The molecule has 19 heavy (non-hydrogen) atoms. The van der Waals surface area contributed by atoms with Gasteiger partial charge in [-0.3, -0.25) is 0 Å². The molecule has 0 aliphatic heterocycles. The molecule has 0 heterocycles. The Hall–Kier alpha value is -1.58. The molecule has 0 spiro atoms. The van der Waals surface area contributed by atoms with Gasteiger partial charge in [-0.25, -0.2) is 0 Å². The summed E-state index contributed by atoms with van der Waals surface area (Å²) in [5, 5.41) is 3.98. The molecule has 0 bridgehead atoms. The lowest BCUT2D eigenvalue weighted by Gasteiger charge is -2.14. The van der Waals surface area contributed by atoms with Crippen molar-refractivity contribution in [2.45, 2.75) is 13.8 Å². The van der Waals surface area contributed by atoms with E-state index in [-0.39, 0.29) is 0 Å². The molecule has 2 aromatic carbocycles. The summed E-state index contributed by atoms with van der Waals surface area (Å²) in [7, 11) is 0. The Morgan fingerprint density at radius 3 is 2.47 bits per heavy atom. The van der Waals surface area contributed by atoms with Crippen LogP contribution in [0.2, 0.25) is 5.02 Å². The predicted molar refractivity (Wildman–Crippen MR) is 86.5 cm³/mol. The van der Waals surface area contributed by atoms with E-state index in [4.69, 9.17) is 29.6 Å². The molecule has 0 aromatic heterocycles. The second kappa shape index (κ2) is 5.59. The Kier molecular flexibility index (Phi) is 4.08. The summed E-state index contributed by atoms with van der Waals surface area (Å²) in [5.74, 6) is 0. The number of halogens is 1. The van der Waals surface area contributed by atoms with Crippen molar-refractivity contribution in [3.8, 4) is 0 Å². The van der Waals surface area contributed by atoms with Gasteiger partial charge < -0.3 is 11.1 Å². The maximum Gasteiger partial charge on any atom is 0.106 e. The molecule has 0 saturated carbocycles. The summed E-state index contributed by atoms with van der Waals surface area (Å²) in [6.07, 6.45) is 0. The number of rotatable bonds is 3. The van der Waals surface area contributed by atoms with Gasteiger partial charge in [-0.2, -0.15) is 0 Å².